The van der Waals surface area contributed by atoms with Gasteiger partial charge in [0, 0.05) is 25.4 Å². The van der Waals surface area contributed by atoms with Crippen molar-refractivity contribution in [3.8, 4) is 11.5 Å². The number of pyridine rings is 1. The zero-order chi connectivity index (χ0) is 17.8. The van der Waals surface area contributed by atoms with Gasteiger partial charge in [0.2, 0.25) is 0 Å². The van der Waals surface area contributed by atoms with E-state index in [4.69, 9.17) is 14.6 Å². The number of carboxylic acids is 1. The van der Waals surface area contributed by atoms with Gasteiger partial charge in [-0.25, -0.2) is 4.79 Å². The Morgan fingerprint density at radius 2 is 2.00 bits per heavy atom. The highest BCUT2D eigenvalue weighted by molar-refractivity contribution is 5.87. The number of carboxylic acid groups (broad SMARTS) is 1. The maximum Gasteiger partial charge on any atom is 0.335 e. The fraction of sp³-hybridized carbons (Fsp3) is 0.368. The molecular formula is C19H22N2O4. The van der Waals surface area contributed by atoms with Crippen LogP contribution in [0.15, 0.2) is 36.5 Å². The summed E-state index contributed by atoms with van der Waals surface area (Å²) in [6.45, 7) is 2.58. The van der Waals surface area contributed by atoms with Crippen molar-refractivity contribution < 1.29 is 19.4 Å². The second-order valence-electron chi connectivity index (χ2n) is 6.14. The minimum Gasteiger partial charge on any atom is -0.493 e. The van der Waals surface area contributed by atoms with Crippen molar-refractivity contribution in [2.45, 2.75) is 18.9 Å². The van der Waals surface area contributed by atoms with Crippen LogP contribution < -0.4 is 9.47 Å². The van der Waals surface area contributed by atoms with Gasteiger partial charge in [-0.05, 0) is 36.6 Å². The van der Waals surface area contributed by atoms with Gasteiger partial charge in [-0.1, -0.05) is 12.1 Å². The van der Waals surface area contributed by atoms with Crippen LogP contribution in [0.25, 0.3) is 0 Å². The number of aromatic carboxylic acids is 1. The molecule has 0 amide bonds. The lowest BCUT2D eigenvalue weighted by atomic mass is 9.97. The summed E-state index contributed by atoms with van der Waals surface area (Å²) in [6.07, 6.45) is 2.77. The van der Waals surface area contributed by atoms with Crippen molar-refractivity contribution in [1.82, 2.24) is 9.88 Å². The van der Waals surface area contributed by atoms with E-state index in [9.17, 15) is 4.79 Å². The molecule has 0 aliphatic carbocycles. The van der Waals surface area contributed by atoms with Gasteiger partial charge in [0.1, 0.15) is 5.69 Å². The Morgan fingerprint density at radius 1 is 1.24 bits per heavy atom. The van der Waals surface area contributed by atoms with Crippen LogP contribution in [0, 0.1) is 0 Å². The Kier molecular flexibility index (Phi) is 5.19. The number of likely N-dealkylation sites (tertiary alicyclic amines) is 1. The lowest BCUT2D eigenvalue weighted by Crippen LogP contribution is -2.21. The van der Waals surface area contributed by atoms with E-state index in [1.807, 2.05) is 12.1 Å². The fourth-order valence-corrected chi connectivity index (χ4v) is 3.32. The van der Waals surface area contributed by atoms with Gasteiger partial charge in [0.05, 0.1) is 19.8 Å². The molecule has 1 saturated heterocycles. The highest BCUT2D eigenvalue weighted by Crippen LogP contribution is 2.33. The van der Waals surface area contributed by atoms with Crippen molar-refractivity contribution in [3.63, 3.8) is 0 Å². The molecule has 2 heterocycles. The molecule has 2 aromatic rings. The maximum absolute atomic E-state index is 11.0. The summed E-state index contributed by atoms with van der Waals surface area (Å²) in [4.78, 5) is 17.7. The molecule has 1 aliphatic rings. The van der Waals surface area contributed by atoms with Gasteiger partial charge in [0.25, 0.3) is 0 Å². The number of hydrogen-bond acceptors (Lipinski definition) is 5. The number of carbonyl (C=O) groups is 1. The van der Waals surface area contributed by atoms with Crippen LogP contribution in [0.1, 0.15) is 34.0 Å². The molecule has 1 atom stereocenters. The first-order chi connectivity index (χ1) is 12.1. The minimum absolute atomic E-state index is 0.323. The van der Waals surface area contributed by atoms with E-state index in [0.29, 0.717) is 29.5 Å². The standard InChI is InChI=1S/C19H22N2O4/c1-24-17-7-9-20-16(18(17)25-2)12-21-10-8-15(11-21)13-3-5-14(6-4-13)19(22)23/h3-7,9,15H,8,10-12H2,1-2H3,(H,22,23)/t15-/m1/s1. The number of hydrogen-bond donors (Lipinski definition) is 1. The number of benzene rings is 1. The number of rotatable bonds is 6. The van der Waals surface area contributed by atoms with Crippen LogP contribution in [0.3, 0.4) is 0 Å². The number of aromatic nitrogens is 1. The highest BCUT2D eigenvalue weighted by atomic mass is 16.5. The number of nitrogens with zero attached hydrogens (tertiary/aromatic N) is 2. The van der Waals surface area contributed by atoms with E-state index in [1.54, 1.807) is 38.6 Å². The summed E-state index contributed by atoms with van der Waals surface area (Å²) < 4.78 is 10.8. The molecule has 0 bridgehead atoms. The molecule has 1 fully saturated rings. The molecule has 0 radical (unpaired) electrons. The van der Waals surface area contributed by atoms with Crippen LogP contribution >= 0.6 is 0 Å². The molecule has 1 N–H and O–H groups in total. The third-order valence-electron chi connectivity index (χ3n) is 4.64. The zero-order valence-corrected chi connectivity index (χ0v) is 14.4. The molecule has 25 heavy (non-hydrogen) atoms. The molecule has 3 rings (SSSR count). The van der Waals surface area contributed by atoms with Crippen LogP contribution in [0.4, 0.5) is 0 Å². The fourth-order valence-electron chi connectivity index (χ4n) is 3.32. The molecule has 0 saturated carbocycles. The van der Waals surface area contributed by atoms with Crippen molar-refractivity contribution in [2.75, 3.05) is 27.3 Å². The molecule has 1 aromatic carbocycles. The van der Waals surface area contributed by atoms with E-state index < -0.39 is 5.97 Å². The quantitative estimate of drug-likeness (QED) is 0.870. The lowest BCUT2D eigenvalue weighted by Gasteiger charge is -2.18. The lowest BCUT2D eigenvalue weighted by molar-refractivity contribution is 0.0697. The second-order valence-corrected chi connectivity index (χ2v) is 6.14. The predicted octanol–water partition coefficient (Wildman–Crippen LogP) is 2.79. The van der Waals surface area contributed by atoms with Crippen LogP contribution in [0.5, 0.6) is 11.5 Å². The minimum atomic E-state index is -0.893. The predicted molar refractivity (Wildman–Crippen MR) is 93.4 cm³/mol. The summed E-state index contributed by atoms with van der Waals surface area (Å²) in [7, 11) is 3.24. The highest BCUT2D eigenvalue weighted by Gasteiger charge is 2.25. The molecular weight excluding hydrogens is 320 g/mol. The summed E-state index contributed by atoms with van der Waals surface area (Å²) in [6, 6.07) is 8.98. The summed E-state index contributed by atoms with van der Waals surface area (Å²) in [5.74, 6) is 0.877. The van der Waals surface area contributed by atoms with Gasteiger partial charge < -0.3 is 14.6 Å². The Hall–Kier alpha value is -2.60. The first-order valence-corrected chi connectivity index (χ1v) is 8.24. The monoisotopic (exact) mass is 342 g/mol. The molecule has 1 aromatic heterocycles. The smallest absolute Gasteiger partial charge is 0.335 e. The van der Waals surface area contributed by atoms with Crippen molar-refractivity contribution in [2.24, 2.45) is 0 Å². The third kappa shape index (κ3) is 3.74. The second kappa shape index (κ2) is 7.53. The Balaban J connectivity index is 1.68. The Morgan fingerprint density at radius 3 is 2.64 bits per heavy atom. The largest absolute Gasteiger partial charge is 0.493 e. The van der Waals surface area contributed by atoms with Gasteiger partial charge in [0.15, 0.2) is 11.5 Å². The molecule has 6 nitrogen and oxygen atoms in total. The van der Waals surface area contributed by atoms with Crippen LogP contribution in [0.2, 0.25) is 0 Å². The summed E-state index contributed by atoms with van der Waals surface area (Å²) in [5, 5.41) is 9.00. The van der Waals surface area contributed by atoms with E-state index in [0.717, 1.165) is 25.2 Å². The van der Waals surface area contributed by atoms with Gasteiger partial charge >= 0.3 is 5.97 Å². The Bertz CT molecular complexity index is 746. The van der Waals surface area contributed by atoms with Gasteiger partial charge in [-0.3, -0.25) is 9.88 Å². The maximum atomic E-state index is 11.0. The van der Waals surface area contributed by atoms with Crippen molar-refractivity contribution >= 4 is 5.97 Å². The van der Waals surface area contributed by atoms with E-state index in [-0.39, 0.29) is 0 Å². The van der Waals surface area contributed by atoms with Gasteiger partial charge in [-0.15, -0.1) is 0 Å². The average molecular weight is 342 g/mol. The Labute approximate surface area is 147 Å². The van der Waals surface area contributed by atoms with Gasteiger partial charge in [-0.2, -0.15) is 0 Å². The molecule has 0 spiro atoms. The number of ether oxygens (including phenoxy) is 2. The van der Waals surface area contributed by atoms with E-state index >= 15 is 0 Å². The number of methoxy groups -OCH3 is 2. The van der Waals surface area contributed by atoms with E-state index in [2.05, 4.69) is 9.88 Å². The normalized spacial score (nSPS) is 17.4. The average Bonchev–Trinajstić information content (AvgIpc) is 3.10. The first kappa shape index (κ1) is 17.2. The summed E-state index contributed by atoms with van der Waals surface area (Å²) >= 11 is 0. The van der Waals surface area contributed by atoms with E-state index in [1.165, 1.54) is 5.56 Å². The molecule has 132 valence electrons. The first-order valence-electron chi connectivity index (χ1n) is 8.24. The van der Waals surface area contributed by atoms with Crippen LogP contribution in [-0.4, -0.2) is 48.3 Å². The van der Waals surface area contributed by atoms with Crippen LogP contribution in [-0.2, 0) is 6.54 Å². The third-order valence-corrected chi connectivity index (χ3v) is 4.64. The SMILES string of the molecule is COc1ccnc(CN2CC[C@@H](c3ccc(C(=O)O)cc3)C2)c1OC. The summed E-state index contributed by atoms with van der Waals surface area (Å²) in [5.41, 5.74) is 2.37. The zero-order valence-electron chi connectivity index (χ0n) is 14.4. The molecule has 0 unspecified atom stereocenters. The topological polar surface area (TPSA) is 71.9 Å². The molecule has 1 aliphatic heterocycles. The van der Waals surface area contributed by atoms with Crippen molar-refractivity contribution in [1.29, 1.82) is 0 Å². The molecule has 6 heteroatoms. The van der Waals surface area contributed by atoms with Crippen molar-refractivity contribution in [3.05, 3.63) is 53.3 Å².